The number of fused-ring (bicyclic) bond motifs is 1. The number of nitrogens with zero attached hydrogens (tertiary/aromatic N) is 3. The van der Waals surface area contributed by atoms with E-state index < -0.39 is 0 Å². The molecule has 3 N–H and O–H groups in total. The van der Waals surface area contributed by atoms with Crippen LogP contribution in [0.5, 0.6) is 11.5 Å². The van der Waals surface area contributed by atoms with E-state index in [-0.39, 0.29) is 12.7 Å². The smallest absolute Gasteiger partial charge is 0.244 e. The van der Waals surface area contributed by atoms with Gasteiger partial charge in [0.15, 0.2) is 11.5 Å². The van der Waals surface area contributed by atoms with Gasteiger partial charge in [-0.25, -0.2) is 15.0 Å². The minimum absolute atomic E-state index is 0.184. The standard InChI is InChI=1S/C22H22N6O3/c1-15-26-20(13-21(27-15)28-19-4-2-3-9-23-19)24-10-11-25-22(29)8-6-16-5-7-17-18(12-16)31-14-30-17/h2-9,12-13H,10-11,14H2,1H3,(H,25,29)(H2,23,24,26,27,28)/b8-6+. The Hall–Kier alpha value is -4.14. The first kappa shape index (κ1) is 20.1. The van der Waals surface area contributed by atoms with E-state index in [1.165, 1.54) is 6.08 Å². The minimum atomic E-state index is -0.184. The monoisotopic (exact) mass is 418 g/mol. The zero-order valence-electron chi connectivity index (χ0n) is 17.0. The van der Waals surface area contributed by atoms with Crippen LogP contribution >= 0.6 is 0 Å². The third kappa shape index (κ3) is 5.69. The molecule has 2 aromatic heterocycles. The van der Waals surface area contributed by atoms with E-state index in [0.717, 1.165) is 5.56 Å². The molecule has 0 unspecified atom stereocenters. The summed E-state index contributed by atoms with van der Waals surface area (Å²) < 4.78 is 10.6. The molecule has 1 aliphatic heterocycles. The molecule has 0 saturated carbocycles. The molecule has 1 aromatic carbocycles. The van der Waals surface area contributed by atoms with E-state index in [4.69, 9.17) is 9.47 Å². The van der Waals surface area contributed by atoms with Gasteiger partial charge in [0.2, 0.25) is 12.7 Å². The molecule has 9 heteroatoms. The number of aryl methyl sites for hydroxylation is 1. The highest BCUT2D eigenvalue weighted by Crippen LogP contribution is 2.32. The van der Waals surface area contributed by atoms with Crippen LogP contribution in [0, 0.1) is 6.92 Å². The second-order valence-electron chi connectivity index (χ2n) is 6.69. The zero-order chi connectivity index (χ0) is 21.5. The highest BCUT2D eigenvalue weighted by molar-refractivity contribution is 5.91. The highest BCUT2D eigenvalue weighted by atomic mass is 16.7. The first-order valence-corrected chi connectivity index (χ1v) is 9.79. The summed E-state index contributed by atoms with van der Waals surface area (Å²) in [5.74, 6) is 3.85. The van der Waals surface area contributed by atoms with Gasteiger partial charge in [0, 0.05) is 31.4 Å². The molecule has 1 aliphatic rings. The van der Waals surface area contributed by atoms with Gasteiger partial charge < -0.3 is 25.4 Å². The Bertz CT molecular complexity index is 1090. The van der Waals surface area contributed by atoms with Gasteiger partial charge in [-0.15, -0.1) is 0 Å². The van der Waals surface area contributed by atoms with Crippen molar-refractivity contribution in [2.45, 2.75) is 6.92 Å². The fourth-order valence-corrected chi connectivity index (χ4v) is 2.91. The second kappa shape index (κ2) is 9.57. The molecular weight excluding hydrogens is 396 g/mol. The van der Waals surface area contributed by atoms with Gasteiger partial charge in [-0.2, -0.15) is 0 Å². The van der Waals surface area contributed by atoms with Crippen LogP contribution in [-0.4, -0.2) is 40.7 Å². The van der Waals surface area contributed by atoms with Gasteiger partial charge in [0.25, 0.3) is 0 Å². The van der Waals surface area contributed by atoms with E-state index in [9.17, 15) is 4.79 Å². The van der Waals surface area contributed by atoms with E-state index >= 15 is 0 Å². The maximum absolute atomic E-state index is 12.0. The molecule has 0 spiro atoms. The molecule has 9 nitrogen and oxygen atoms in total. The normalized spacial score (nSPS) is 12.0. The van der Waals surface area contributed by atoms with Crippen LogP contribution in [0.15, 0.2) is 54.7 Å². The molecule has 1 amide bonds. The minimum Gasteiger partial charge on any atom is -0.454 e. The SMILES string of the molecule is Cc1nc(NCCNC(=O)/C=C/c2ccc3c(c2)OCO3)cc(Nc2ccccn2)n1. The topological polar surface area (TPSA) is 110 Å². The van der Waals surface area contributed by atoms with Crippen LogP contribution in [0.2, 0.25) is 0 Å². The lowest BCUT2D eigenvalue weighted by Gasteiger charge is -2.10. The number of carbonyl (C=O) groups excluding carboxylic acids is 1. The largest absolute Gasteiger partial charge is 0.454 e. The Kier molecular flexibility index (Phi) is 6.22. The number of pyridine rings is 1. The van der Waals surface area contributed by atoms with Crippen LogP contribution < -0.4 is 25.4 Å². The fraction of sp³-hybridized carbons (Fsp3) is 0.182. The number of amides is 1. The molecule has 0 fully saturated rings. The Morgan fingerprint density at radius 2 is 1.90 bits per heavy atom. The van der Waals surface area contributed by atoms with Gasteiger partial charge in [0.1, 0.15) is 23.3 Å². The number of nitrogens with one attached hydrogen (secondary N) is 3. The number of aromatic nitrogens is 3. The third-order valence-corrected chi connectivity index (χ3v) is 4.31. The highest BCUT2D eigenvalue weighted by Gasteiger charge is 2.12. The van der Waals surface area contributed by atoms with E-state index in [0.29, 0.717) is 47.9 Å². The van der Waals surface area contributed by atoms with Gasteiger partial charge in [-0.1, -0.05) is 12.1 Å². The second-order valence-corrected chi connectivity index (χ2v) is 6.69. The Labute approximate surface area is 179 Å². The van der Waals surface area contributed by atoms with Crippen molar-refractivity contribution in [1.29, 1.82) is 0 Å². The molecule has 3 aromatic rings. The van der Waals surface area contributed by atoms with E-state index in [1.807, 2.05) is 43.3 Å². The third-order valence-electron chi connectivity index (χ3n) is 4.31. The summed E-state index contributed by atoms with van der Waals surface area (Å²) in [7, 11) is 0. The van der Waals surface area contributed by atoms with E-state index in [2.05, 4.69) is 30.9 Å². The lowest BCUT2D eigenvalue weighted by molar-refractivity contribution is -0.116. The van der Waals surface area contributed by atoms with Crippen LogP contribution in [0.4, 0.5) is 17.5 Å². The van der Waals surface area contributed by atoms with Crippen molar-refractivity contribution in [2.75, 3.05) is 30.5 Å². The summed E-state index contributed by atoms with van der Waals surface area (Å²) in [6, 6.07) is 12.9. The number of hydrogen-bond donors (Lipinski definition) is 3. The van der Waals surface area contributed by atoms with E-state index in [1.54, 1.807) is 18.3 Å². The van der Waals surface area contributed by atoms with Crippen LogP contribution in [0.1, 0.15) is 11.4 Å². The number of hydrogen-bond acceptors (Lipinski definition) is 8. The summed E-state index contributed by atoms with van der Waals surface area (Å²) in [6.07, 6.45) is 4.93. The van der Waals surface area contributed by atoms with Gasteiger partial charge in [-0.3, -0.25) is 4.79 Å². The Morgan fingerprint density at radius 3 is 2.77 bits per heavy atom. The van der Waals surface area contributed by atoms with Crippen LogP contribution in [0.3, 0.4) is 0 Å². The first-order chi connectivity index (χ1) is 15.2. The Balaban J connectivity index is 1.24. The van der Waals surface area contributed by atoms with Gasteiger partial charge in [0.05, 0.1) is 0 Å². The van der Waals surface area contributed by atoms with Crippen molar-refractivity contribution in [3.05, 3.63) is 66.1 Å². The molecule has 0 saturated heterocycles. The lowest BCUT2D eigenvalue weighted by Crippen LogP contribution is -2.27. The molecule has 0 aliphatic carbocycles. The van der Waals surface area contributed by atoms with Crippen molar-refractivity contribution in [2.24, 2.45) is 0 Å². The summed E-state index contributed by atoms with van der Waals surface area (Å²) in [4.78, 5) is 25.0. The van der Waals surface area contributed by atoms with Gasteiger partial charge in [-0.05, 0) is 42.8 Å². The molecular formula is C22H22N6O3. The molecule has 158 valence electrons. The predicted octanol–water partition coefficient (Wildman–Crippen LogP) is 2.89. The van der Waals surface area contributed by atoms with Crippen molar-refractivity contribution in [3.63, 3.8) is 0 Å². The summed E-state index contributed by atoms with van der Waals surface area (Å²) in [5, 5.41) is 9.16. The first-order valence-electron chi connectivity index (χ1n) is 9.79. The molecule has 4 rings (SSSR count). The quantitative estimate of drug-likeness (QED) is 0.378. The molecule has 0 radical (unpaired) electrons. The maximum atomic E-state index is 12.0. The zero-order valence-corrected chi connectivity index (χ0v) is 17.0. The average Bonchev–Trinajstić information content (AvgIpc) is 3.23. The maximum Gasteiger partial charge on any atom is 0.244 e. The number of benzene rings is 1. The number of carbonyl (C=O) groups is 1. The number of ether oxygens (including phenoxy) is 2. The fourth-order valence-electron chi connectivity index (χ4n) is 2.91. The summed E-state index contributed by atoms with van der Waals surface area (Å²) >= 11 is 0. The van der Waals surface area contributed by atoms with Crippen LogP contribution in [0.25, 0.3) is 6.08 Å². The van der Waals surface area contributed by atoms with Crippen molar-refractivity contribution in [1.82, 2.24) is 20.3 Å². The molecule has 0 bridgehead atoms. The average molecular weight is 418 g/mol. The number of rotatable bonds is 8. The molecule has 3 heterocycles. The Morgan fingerprint density at radius 1 is 1.03 bits per heavy atom. The summed E-state index contributed by atoms with van der Waals surface area (Å²) in [5.41, 5.74) is 0.863. The van der Waals surface area contributed by atoms with Crippen molar-refractivity contribution in [3.8, 4) is 11.5 Å². The lowest BCUT2D eigenvalue weighted by atomic mass is 10.2. The number of anilines is 3. The molecule has 0 atom stereocenters. The molecule has 31 heavy (non-hydrogen) atoms. The van der Waals surface area contributed by atoms with Crippen LogP contribution in [-0.2, 0) is 4.79 Å². The van der Waals surface area contributed by atoms with Crippen molar-refractivity contribution < 1.29 is 14.3 Å². The predicted molar refractivity (Wildman–Crippen MR) is 117 cm³/mol. The van der Waals surface area contributed by atoms with Gasteiger partial charge >= 0.3 is 0 Å². The summed E-state index contributed by atoms with van der Waals surface area (Å²) in [6.45, 7) is 3.00. The van der Waals surface area contributed by atoms with Crippen molar-refractivity contribution >= 4 is 29.4 Å².